The van der Waals surface area contributed by atoms with Crippen molar-refractivity contribution in [1.82, 2.24) is 10.6 Å². The Bertz CT molecular complexity index is 371. The molecule has 1 aliphatic rings. The van der Waals surface area contributed by atoms with Gasteiger partial charge in [-0.15, -0.1) is 24.0 Å². The van der Waals surface area contributed by atoms with Crippen LogP contribution in [-0.2, 0) is 10.8 Å². The number of aliphatic imine (C=N–C) groups is 1. The molecule has 0 amide bonds. The van der Waals surface area contributed by atoms with Gasteiger partial charge in [0.05, 0.1) is 0 Å². The quantitative estimate of drug-likeness (QED) is 0.361. The Morgan fingerprint density at radius 1 is 1.23 bits per heavy atom. The molecule has 0 spiro atoms. The Balaban J connectivity index is 0.00000441. The van der Waals surface area contributed by atoms with Crippen LogP contribution in [0.15, 0.2) is 4.99 Å². The lowest BCUT2D eigenvalue weighted by molar-refractivity contribution is 0.139. The first-order chi connectivity index (χ1) is 9.83. The second kappa shape index (κ2) is 10.1. The standard InChI is InChI=1S/C16H33N3OS.HI/c1-6-16(9-8-10-16)13-19-14(17-7-2)18-11-12-21(20)15(3,4)5;/h6-13H2,1-5H3,(H2,17,18,19);1H. The van der Waals surface area contributed by atoms with E-state index in [-0.39, 0.29) is 28.7 Å². The van der Waals surface area contributed by atoms with E-state index in [2.05, 4.69) is 24.5 Å². The van der Waals surface area contributed by atoms with Gasteiger partial charge >= 0.3 is 0 Å². The molecule has 2 N–H and O–H groups in total. The third-order valence-electron chi connectivity index (χ3n) is 4.34. The zero-order chi connectivity index (χ0) is 15.9. The average Bonchev–Trinajstić information content (AvgIpc) is 2.36. The minimum absolute atomic E-state index is 0. The Morgan fingerprint density at radius 3 is 2.27 bits per heavy atom. The van der Waals surface area contributed by atoms with E-state index in [1.165, 1.54) is 25.7 Å². The highest BCUT2D eigenvalue weighted by molar-refractivity contribution is 14.0. The number of guanidine groups is 1. The van der Waals surface area contributed by atoms with E-state index in [0.29, 0.717) is 17.7 Å². The molecular weight excluding hydrogens is 409 g/mol. The molecule has 1 saturated carbocycles. The van der Waals surface area contributed by atoms with Gasteiger partial charge in [0, 0.05) is 40.9 Å². The fourth-order valence-corrected chi connectivity index (χ4v) is 3.36. The van der Waals surface area contributed by atoms with E-state index < -0.39 is 10.8 Å². The molecule has 132 valence electrons. The normalized spacial score (nSPS) is 18.9. The Labute approximate surface area is 156 Å². The van der Waals surface area contributed by atoms with Crippen LogP contribution in [-0.4, -0.2) is 40.3 Å². The summed E-state index contributed by atoms with van der Waals surface area (Å²) in [6.45, 7) is 12.9. The van der Waals surface area contributed by atoms with Crippen molar-refractivity contribution in [2.45, 2.75) is 65.0 Å². The number of nitrogens with one attached hydrogen (secondary N) is 2. The number of hydrogen-bond donors (Lipinski definition) is 2. The summed E-state index contributed by atoms with van der Waals surface area (Å²) in [5.41, 5.74) is 0.441. The van der Waals surface area contributed by atoms with E-state index in [4.69, 9.17) is 4.99 Å². The summed E-state index contributed by atoms with van der Waals surface area (Å²) in [5, 5.41) is 6.59. The summed E-state index contributed by atoms with van der Waals surface area (Å²) < 4.78 is 11.9. The van der Waals surface area contributed by atoms with Crippen LogP contribution >= 0.6 is 24.0 Å². The number of halogens is 1. The number of rotatable bonds is 7. The van der Waals surface area contributed by atoms with Crippen LogP contribution in [0.3, 0.4) is 0 Å². The van der Waals surface area contributed by atoms with E-state index in [0.717, 1.165) is 19.0 Å². The topological polar surface area (TPSA) is 53.5 Å². The summed E-state index contributed by atoms with van der Waals surface area (Å²) in [4.78, 5) is 4.73. The molecule has 0 bridgehead atoms. The first kappa shape index (κ1) is 22.1. The highest BCUT2D eigenvalue weighted by Crippen LogP contribution is 2.43. The molecule has 0 aromatic rings. The van der Waals surface area contributed by atoms with Crippen LogP contribution in [0.25, 0.3) is 0 Å². The maximum Gasteiger partial charge on any atom is 0.191 e. The Hall–Kier alpha value is 0.150. The second-order valence-electron chi connectivity index (χ2n) is 6.99. The highest BCUT2D eigenvalue weighted by Gasteiger charge is 2.34. The number of hydrogen-bond acceptors (Lipinski definition) is 2. The van der Waals surface area contributed by atoms with Crippen molar-refractivity contribution in [3.05, 3.63) is 0 Å². The minimum atomic E-state index is -0.816. The monoisotopic (exact) mass is 443 g/mol. The molecule has 0 radical (unpaired) electrons. The largest absolute Gasteiger partial charge is 0.357 e. The molecule has 1 aliphatic carbocycles. The van der Waals surface area contributed by atoms with E-state index in [1.807, 2.05) is 20.8 Å². The maximum atomic E-state index is 12.0. The molecule has 0 aliphatic heterocycles. The molecule has 1 unspecified atom stereocenters. The van der Waals surface area contributed by atoms with E-state index in [9.17, 15) is 4.21 Å². The first-order valence-electron chi connectivity index (χ1n) is 8.23. The number of nitrogens with zero attached hydrogens (tertiary/aromatic N) is 1. The summed E-state index contributed by atoms with van der Waals surface area (Å²) in [5.74, 6) is 1.52. The maximum absolute atomic E-state index is 12.0. The third-order valence-corrected chi connectivity index (χ3v) is 6.28. The molecule has 0 heterocycles. The molecule has 0 saturated heterocycles. The smallest absolute Gasteiger partial charge is 0.191 e. The summed E-state index contributed by atoms with van der Waals surface area (Å²) in [6.07, 6.45) is 5.17. The van der Waals surface area contributed by atoms with Gasteiger partial charge in [0.1, 0.15) is 0 Å². The average molecular weight is 443 g/mol. The van der Waals surface area contributed by atoms with Crippen molar-refractivity contribution in [2.75, 3.05) is 25.4 Å². The SMILES string of the molecule is CCNC(=NCC1(CC)CCC1)NCCS(=O)C(C)(C)C.I. The molecule has 4 nitrogen and oxygen atoms in total. The second-order valence-corrected chi connectivity index (χ2v) is 9.32. The van der Waals surface area contributed by atoms with Gasteiger partial charge in [-0.2, -0.15) is 0 Å². The minimum Gasteiger partial charge on any atom is -0.357 e. The van der Waals surface area contributed by atoms with Gasteiger partial charge in [-0.25, -0.2) is 0 Å². The van der Waals surface area contributed by atoms with Gasteiger partial charge in [0.15, 0.2) is 5.96 Å². The fraction of sp³-hybridized carbons (Fsp3) is 0.938. The fourth-order valence-electron chi connectivity index (χ4n) is 2.46. The van der Waals surface area contributed by atoms with Gasteiger partial charge in [0.2, 0.25) is 0 Å². The van der Waals surface area contributed by atoms with Gasteiger partial charge in [-0.1, -0.05) is 13.3 Å². The summed E-state index contributed by atoms with van der Waals surface area (Å²) in [7, 11) is -0.816. The van der Waals surface area contributed by atoms with Crippen molar-refractivity contribution in [1.29, 1.82) is 0 Å². The molecule has 22 heavy (non-hydrogen) atoms. The molecule has 1 atom stereocenters. The Morgan fingerprint density at radius 2 is 1.86 bits per heavy atom. The molecule has 0 aromatic heterocycles. The zero-order valence-corrected chi connectivity index (χ0v) is 18.0. The van der Waals surface area contributed by atoms with E-state index in [1.54, 1.807) is 0 Å². The molecule has 0 aromatic carbocycles. The summed E-state index contributed by atoms with van der Waals surface area (Å²) in [6, 6.07) is 0. The zero-order valence-electron chi connectivity index (χ0n) is 14.8. The Kier molecular flexibility index (Phi) is 10.2. The van der Waals surface area contributed by atoms with Crippen LogP contribution in [0.1, 0.15) is 60.3 Å². The molecule has 6 heteroatoms. The van der Waals surface area contributed by atoms with Crippen LogP contribution in [0.5, 0.6) is 0 Å². The van der Waals surface area contributed by atoms with Crippen molar-refractivity contribution >= 4 is 40.7 Å². The third kappa shape index (κ3) is 7.15. The van der Waals surface area contributed by atoms with Crippen molar-refractivity contribution in [3.63, 3.8) is 0 Å². The summed E-state index contributed by atoms with van der Waals surface area (Å²) >= 11 is 0. The van der Waals surface area contributed by atoms with Gasteiger partial charge < -0.3 is 10.6 Å². The lowest BCUT2D eigenvalue weighted by atomic mass is 9.67. The first-order valence-corrected chi connectivity index (χ1v) is 9.55. The van der Waals surface area contributed by atoms with Crippen LogP contribution in [0.2, 0.25) is 0 Å². The van der Waals surface area contributed by atoms with Crippen molar-refractivity contribution < 1.29 is 4.21 Å². The predicted octanol–water partition coefficient (Wildman–Crippen LogP) is 3.29. The lowest BCUT2D eigenvalue weighted by Crippen LogP contribution is -2.42. The molecule has 1 rings (SSSR count). The molecule has 1 fully saturated rings. The van der Waals surface area contributed by atoms with Crippen LogP contribution in [0, 0.1) is 5.41 Å². The van der Waals surface area contributed by atoms with Gasteiger partial charge in [-0.05, 0) is 52.4 Å². The predicted molar refractivity (Wildman–Crippen MR) is 109 cm³/mol. The lowest BCUT2D eigenvalue weighted by Gasteiger charge is -2.40. The van der Waals surface area contributed by atoms with Crippen LogP contribution < -0.4 is 10.6 Å². The van der Waals surface area contributed by atoms with Gasteiger partial charge in [-0.3, -0.25) is 9.20 Å². The van der Waals surface area contributed by atoms with E-state index >= 15 is 0 Å². The van der Waals surface area contributed by atoms with Gasteiger partial charge in [0.25, 0.3) is 0 Å². The van der Waals surface area contributed by atoms with Crippen molar-refractivity contribution in [3.8, 4) is 0 Å². The molecular formula is C16H34IN3OS. The highest BCUT2D eigenvalue weighted by atomic mass is 127. The van der Waals surface area contributed by atoms with Crippen molar-refractivity contribution in [2.24, 2.45) is 10.4 Å². The van der Waals surface area contributed by atoms with Crippen LogP contribution in [0.4, 0.5) is 0 Å².